The summed E-state index contributed by atoms with van der Waals surface area (Å²) in [7, 11) is 0. The Balaban J connectivity index is 1.88. The molecule has 0 aromatic heterocycles. The van der Waals surface area contributed by atoms with Crippen LogP contribution in [0.15, 0.2) is 0 Å². The van der Waals surface area contributed by atoms with Crippen molar-refractivity contribution in [3.8, 4) is 6.07 Å². The van der Waals surface area contributed by atoms with E-state index in [0.29, 0.717) is 6.04 Å². The number of hydrogen-bond acceptors (Lipinski definition) is 3. The molecule has 90 valence electrons. The maximum atomic E-state index is 8.95. The molecule has 0 spiro atoms. The summed E-state index contributed by atoms with van der Waals surface area (Å²) < 4.78 is 0. The average Bonchev–Trinajstić information content (AvgIpc) is 2.75. The second kappa shape index (κ2) is 4.35. The van der Waals surface area contributed by atoms with Crippen LogP contribution in [0.5, 0.6) is 0 Å². The zero-order chi connectivity index (χ0) is 11.8. The second-order valence-electron chi connectivity index (χ2n) is 5.99. The molecule has 0 amide bonds. The zero-order valence-electron chi connectivity index (χ0n) is 10.4. The van der Waals surface area contributed by atoms with Crippen LogP contribution in [0.4, 0.5) is 0 Å². The normalized spacial score (nSPS) is 35.4. The molecule has 1 aliphatic carbocycles. The lowest BCUT2D eigenvalue weighted by molar-refractivity contribution is 0.210. The number of hydrogen-bond donors (Lipinski definition) is 1. The van der Waals surface area contributed by atoms with Gasteiger partial charge in [0.05, 0.1) is 6.07 Å². The van der Waals surface area contributed by atoms with Gasteiger partial charge in [0.2, 0.25) is 0 Å². The van der Waals surface area contributed by atoms with E-state index >= 15 is 0 Å². The Morgan fingerprint density at radius 1 is 1.44 bits per heavy atom. The first-order chi connectivity index (χ1) is 7.52. The summed E-state index contributed by atoms with van der Waals surface area (Å²) in [6.07, 6.45) is 5.02. The number of nitrogens with zero attached hydrogens (tertiary/aromatic N) is 2. The first-order valence-electron chi connectivity index (χ1n) is 6.46. The quantitative estimate of drug-likeness (QED) is 0.789. The highest BCUT2D eigenvalue weighted by atomic mass is 15.2. The Kier molecular flexibility index (Phi) is 3.23. The molecule has 1 aliphatic heterocycles. The minimum Gasteiger partial charge on any atom is -0.314 e. The highest BCUT2D eigenvalue weighted by Crippen LogP contribution is 2.38. The van der Waals surface area contributed by atoms with Crippen molar-refractivity contribution >= 4 is 0 Å². The van der Waals surface area contributed by atoms with E-state index in [9.17, 15) is 0 Å². The molecule has 16 heavy (non-hydrogen) atoms. The third-order valence-corrected chi connectivity index (χ3v) is 4.35. The lowest BCUT2D eigenvalue weighted by atomic mass is 9.96. The van der Waals surface area contributed by atoms with Crippen molar-refractivity contribution in [1.29, 1.82) is 5.26 Å². The number of nitrogens with two attached hydrogens (primary N) is 1. The first-order valence-corrected chi connectivity index (χ1v) is 6.46. The Labute approximate surface area is 98.6 Å². The SMILES string of the molecule is CC(CC(C)(N)C#N)N1CC2CCCC2C1. The third-order valence-electron chi connectivity index (χ3n) is 4.35. The van der Waals surface area contributed by atoms with E-state index in [1.807, 2.05) is 6.92 Å². The number of rotatable bonds is 3. The molecule has 2 fully saturated rings. The largest absolute Gasteiger partial charge is 0.314 e. The van der Waals surface area contributed by atoms with Crippen molar-refractivity contribution in [1.82, 2.24) is 4.90 Å². The Morgan fingerprint density at radius 2 is 2.00 bits per heavy atom. The molecule has 1 saturated carbocycles. The van der Waals surface area contributed by atoms with E-state index < -0.39 is 5.54 Å². The fourth-order valence-corrected chi connectivity index (χ4v) is 3.42. The van der Waals surface area contributed by atoms with E-state index in [2.05, 4.69) is 17.9 Å². The minimum absolute atomic E-state index is 0.445. The van der Waals surface area contributed by atoms with Gasteiger partial charge < -0.3 is 5.73 Å². The van der Waals surface area contributed by atoms with E-state index in [-0.39, 0.29) is 0 Å². The van der Waals surface area contributed by atoms with Crippen molar-refractivity contribution in [2.24, 2.45) is 17.6 Å². The Bertz CT molecular complexity index is 280. The van der Waals surface area contributed by atoms with Crippen LogP contribution in [0.25, 0.3) is 0 Å². The average molecular weight is 221 g/mol. The van der Waals surface area contributed by atoms with Crippen LogP contribution in [0.3, 0.4) is 0 Å². The molecule has 0 aromatic carbocycles. The summed E-state index contributed by atoms with van der Waals surface area (Å²) in [5.41, 5.74) is 5.24. The molecule has 1 saturated heterocycles. The summed E-state index contributed by atoms with van der Waals surface area (Å²) >= 11 is 0. The van der Waals surface area contributed by atoms with Crippen LogP contribution in [0.1, 0.15) is 39.5 Å². The van der Waals surface area contributed by atoms with Gasteiger partial charge in [0.25, 0.3) is 0 Å². The molecule has 0 bridgehead atoms. The van der Waals surface area contributed by atoms with Gasteiger partial charge in [0.15, 0.2) is 0 Å². The predicted molar refractivity (Wildman–Crippen MR) is 64.7 cm³/mol. The molecular weight excluding hydrogens is 198 g/mol. The summed E-state index contributed by atoms with van der Waals surface area (Å²) in [6.45, 7) is 6.50. The van der Waals surface area contributed by atoms with Gasteiger partial charge in [-0.3, -0.25) is 4.90 Å². The lowest BCUT2D eigenvalue weighted by Crippen LogP contribution is -2.43. The van der Waals surface area contributed by atoms with Crippen molar-refractivity contribution in [2.75, 3.05) is 13.1 Å². The predicted octanol–water partition coefficient (Wildman–Crippen LogP) is 1.74. The Morgan fingerprint density at radius 3 is 2.50 bits per heavy atom. The van der Waals surface area contributed by atoms with E-state index in [1.165, 1.54) is 32.4 Å². The van der Waals surface area contributed by atoms with Crippen LogP contribution < -0.4 is 5.73 Å². The molecule has 1 heterocycles. The fourth-order valence-electron chi connectivity index (χ4n) is 3.42. The molecule has 0 aromatic rings. The molecule has 3 nitrogen and oxygen atoms in total. The lowest BCUT2D eigenvalue weighted by Gasteiger charge is -2.29. The Hall–Kier alpha value is -0.590. The molecule has 0 radical (unpaired) electrons. The second-order valence-corrected chi connectivity index (χ2v) is 5.99. The number of likely N-dealkylation sites (tertiary alicyclic amines) is 1. The van der Waals surface area contributed by atoms with Gasteiger partial charge in [-0.05, 0) is 44.9 Å². The summed E-state index contributed by atoms with van der Waals surface area (Å²) in [5.74, 6) is 1.85. The van der Waals surface area contributed by atoms with Crippen LogP contribution in [0, 0.1) is 23.2 Å². The van der Waals surface area contributed by atoms with Gasteiger partial charge in [-0.25, -0.2) is 0 Å². The number of fused-ring (bicyclic) bond motifs is 1. The highest BCUT2D eigenvalue weighted by molar-refractivity contribution is 5.03. The molecule has 4 atom stereocenters. The maximum Gasteiger partial charge on any atom is 0.102 e. The van der Waals surface area contributed by atoms with Crippen LogP contribution in [-0.4, -0.2) is 29.6 Å². The monoisotopic (exact) mass is 221 g/mol. The summed E-state index contributed by atoms with van der Waals surface area (Å²) in [6, 6.07) is 2.64. The standard InChI is InChI=1S/C13H23N3/c1-10(6-13(2,15)9-14)16-7-11-4-3-5-12(11)8-16/h10-12H,3-8,15H2,1-2H3. The molecule has 3 heteroatoms. The molecule has 4 unspecified atom stereocenters. The van der Waals surface area contributed by atoms with Crippen LogP contribution >= 0.6 is 0 Å². The van der Waals surface area contributed by atoms with Crippen LogP contribution in [0.2, 0.25) is 0 Å². The fraction of sp³-hybridized carbons (Fsp3) is 0.923. The van der Waals surface area contributed by atoms with Gasteiger partial charge in [-0.1, -0.05) is 6.42 Å². The zero-order valence-corrected chi connectivity index (χ0v) is 10.4. The van der Waals surface area contributed by atoms with Gasteiger partial charge in [-0.15, -0.1) is 0 Å². The molecule has 2 rings (SSSR count). The summed E-state index contributed by atoms with van der Waals surface area (Å²) in [5, 5.41) is 8.95. The van der Waals surface area contributed by atoms with E-state index in [4.69, 9.17) is 11.0 Å². The smallest absolute Gasteiger partial charge is 0.102 e. The maximum absolute atomic E-state index is 8.95. The minimum atomic E-state index is -0.670. The van der Waals surface area contributed by atoms with Gasteiger partial charge in [0, 0.05) is 19.1 Å². The van der Waals surface area contributed by atoms with Gasteiger partial charge >= 0.3 is 0 Å². The highest BCUT2D eigenvalue weighted by Gasteiger charge is 2.38. The van der Waals surface area contributed by atoms with Gasteiger partial charge in [-0.2, -0.15) is 5.26 Å². The van der Waals surface area contributed by atoms with E-state index in [0.717, 1.165) is 18.3 Å². The summed E-state index contributed by atoms with van der Waals surface area (Å²) in [4.78, 5) is 2.54. The van der Waals surface area contributed by atoms with Gasteiger partial charge in [0.1, 0.15) is 5.54 Å². The van der Waals surface area contributed by atoms with Crippen molar-refractivity contribution in [3.05, 3.63) is 0 Å². The third kappa shape index (κ3) is 2.39. The van der Waals surface area contributed by atoms with Crippen molar-refractivity contribution in [2.45, 2.75) is 51.1 Å². The van der Waals surface area contributed by atoms with Crippen LogP contribution in [-0.2, 0) is 0 Å². The first kappa shape index (κ1) is 11.9. The molecule has 2 N–H and O–H groups in total. The van der Waals surface area contributed by atoms with Crippen molar-refractivity contribution in [3.63, 3.8) is 0 Å². The topological polar surface area (TPSA) is 53.1 Å². The van der Waals surface area contributed by atoms with Crippen molar-refractivity contribution < 1.29 is 0 Å². The number of nitriles is 1. The molecule has 2 aliphatic rings. The van der Waals surface area contributed by atoms with E-state index in [1.54, 1.807) is 0 Å². The molecular formula is C13H23N3.